The first-order valence-electron chi connectivity index (χ1n) is 10.2. The fourth-order valence-corrected chi connectivity index (χ4v) is 4.72. The molecule has 0 spiro atoms. The Bertz CT molecular complexity index is 784. The zero-order valence-electron chi connectivity index (χ0n) is 17.1. The molecule has 4 rings (SSSR count). The quantitative estimate of drug-likeness (QED) is 0.338. The van der Waals surface area contributed by atoms with Gasteiger partial charge in [-0.25, -0.2) is 0 Å². The number of rotatable bonds is 6. The van der Waals surface area contributed by atoms with Crippen molar-refractivity contribution in [2.45, 2.75) is 24.8 Å². The van der Waals surface area contributed by atoms with Crippen LogP contribution in [-0.4, -0.2) is 44.1 Å². The fraction of sp³-hybridized carbons (Fsp3) is 0.435. The molecule has 0 bridgehead atoms. The van der Waals surface area contributed by atoms with E-state index < -0.39 is 0 Å². The minimum Gasteiger partial charge on any atom is -0.370 e. The number of hydrogen-bond donors (Lipinski definition) is 2. The highest BCUT2D eigenvalue weighted by Gasteiger charge is 2.43. The van der Waals surface area contributed by atoms with Gasteiger partial charge in [0.15, 0.2) is 5.96 Å². The molecule has 0 atom stereocenters. The number of benzene rings is 2. The van der Waals surface area contributed by atoms with Crippen LogP contribution in [0.15, 0.2) is 59.6 Å². The first kappa shape index (κ1) is 22.3. The minimum atomic E-state index is 0. The highest BCUT2D eigenvalue weighted by atomic mass is 127. The van der Waals surface area contributed by atoms with Crippen molar-refractivity contribution >= 4 is 47.4 Å². The van der Waals surface area contributed by atoms with Gasteiger partial charge in [0, 0.05) is 55.8 Å². The highest BCUT2D eigenvalue weighted by molar-refractivity contribution is 14.0. The van der Waals surface area contributed by atoms with Crippen molar-refractivity contribution in [2.75, 3.05) is 43.1 Å². The highest BCUT2D eigenvalue weighted by Crippen LogP contribution is 2.47. The van der Waals surface area contributed by atoms with E-state index in [1.807, 2.05) is 18.8 Å². The molecule has 2 aromatic carbocycles. The van der Waals surface area contributed by atoms with Gasteiger partial charge in [-0.15, -0.1) is 24.0 Å². The van der Waals surface area contributed by atoms with E-state index in [0.29, 0.717) is 0 Å². The van der Waals surface area contributed by atoms with E-state index in [2.05, 4.69) is 75.1 Å². The standard InChI is InChI=1S/C23H30N4S.HI/c1-24-22(26-18-23(11-12-23)20-5-3-2-4-6-20)25-17-19-7-9-21(10-8-19)27-13-15-28-16-14-27;/h2-10H,11-18H2,1H3,(H2,24,25,26);1H. The Hall–Kier alpha value is -1.41. The first-order valence-corrected chi connectivity index (χ1v) is 11.4. The molecule has 156 valence electrons. The molecular weight excluding hydrogens is 491 g/mol. The van der Waals surface area contributed by atoms with E-state index in [1.165, 1.54) is 41.2 Å². The van der Waals surface area contributed by atoms with Crippen LogP contribution < -0.4 is 15.5 Å². The van der Waals surface area contributed by atoms with Gasteiger partial charge in [-0.1, -0.05) is 42.5 Å². The van der Waals surface area contributed by atoms with E-state index in [9.17, 15) is 0 Å². The summed E-state index contributed by atoms with van der Waals surface area (Å²) in [5.74, 6) is 3.34. The molecular formula is C23H31IN4S. The Balaban J connectivity index is 0.00000240. The molecule has 1 heterocycles. The predicted octanol–water partition coefficient (Wildman–Crippen LogP) is 4.25. The lowest BCUT2D eigenvalue weighted by molar-refractivity contribution is 0.645. The third-order valence-corrected chi connectivity index (χ3v) is 6.77. The molecule has 0 radical (unpaired) electrons. The molecule has 0 aromatic heterocycles. The summed E-state index contributed by atoms with van der Waals surface area (Å²) in [6.07, 6.45) is 2.49. The van der Waals surface area contributed by atoms with Gasteiger partial charge in [0.1, 0.15) is 0 Å². The van der Waals surface area contributed by atoms with E-state index >= 15 is 0 Å². The Morgan fingerprint density at radius 3 is 2.31 bits per heavy atom. The molecule has 1 aliphatic carbocycles. The maximum absolute atomic E-state index is 4.40. The smallest absolute Gasteiger partial charge is 0.191 e. The maximum atomic E-state index is 4.40. The topological polar surface area (TPSA) is 39.7 Å². The fourth-order valence-electron chi connectivity index (χ4n) is 3.82. The third-order valence-electron chi connectivity index (χ3n) is 5.83. The van der Waals surface area contributed by atoms with Gasteiger partial charge >= 0.3 is 0 Å². The van der Waals surface area contributed by atoms with Gasteiger partial charge in [-0.3, -0.25) is 4.99 Å². The number of nitrogens with one attached hydrogen (secondary N) is 2. The van der Waals surface area contributed by atoms with Gasteiger partial charge in [-0.05, 0) is 36.1 Å². The lowest BCUT2D eigenvalue weighted by Crippen LogP contribution is -2.40. The van der Waals surface area contributed by atoms with Gasteiger partial charge in [0.25, 0.3) is 0 Å². The Labute approximate surface area is 196 Å². The lowest BCUT2D eigenvalue weighted by Gasteiger charge is -2.28. The van der Waals surface area contributed by atoms with Crippen LogP contribution in [0, 0.1) is 0 Å². The molecule has 4 nitrogen and oxygen atoms in total. The predicted molar refractivity (Wildman–Crippen MR) is 137 cm³/mol. The van der Waals surface area contributed by atoms with Crippen LogP contribution in [-0.2, 0) is 12.0 Å². The van der Waals surface area contributed by atoms with Crippen LogP contribution in [0.5, 0.6) is 0 Å². The Morgan fingerprint density at radius 1 is 1.00 bits per heavy atom. The Morgan fingerprint density at radius 2 is 1.69 bits per heavy atom. The summed E-state index contributed by atoms with van der Waals surface area (Å²) in [4.78, 5) is 6.88. The number of aliphatic imine (C=N–C) groups is 1. The molecule has 0 unspecified atom stereocenters. The molecule has 29 heavy (non-hydrogen) atoms. The Kier molecular flexibility index (Phi) is 8.12. The molecule has 1 saturated heterocycles. The summed E-state index contributed by atoms with van der Waals surface area (Å²) in [6, 6.07) is 19.8. The number of anilines is 1. The van der Waals surface area contributed by atoms with Gasteiger partial charge in [-0.2, -0.15) is 11.8 Å². The molecule has 2 aliphatic rings. The minimum absolute atomic E-state index is 0. The average molecular weight is 523 g/mol. The normalized spacial score (nSPS) is 18.0. The number of halogens is 1. The van der Waals surface area contributed by atoms with Crippen molar-refractivity contribution < 1.29 is 0 Å². The van der Waals surface area contributed by atoms with Crippen molar-refractivity contribution in [2.24, 2.45) is 4.99 Å². The summed E-state index contributed by atoms with van der Waals surface area (Å²) in [6.45, 7) is 4.03. The summed E-state index contributed by atoms with van der Waals surface area (Å²) >= 11 is 2.05. The lowest BCUT2D eigenvalue weighted by atomic mass is 9.96. The number of thioether (sulfide) groups is 1. The summed E-state index contributed by atoms with van der Waals surface area (Å²) in [7, 11) is 1.84. The van der Waals surface area contributed by atoms with Crippen LogP contribution in [0.2, 0.25) is 0 Å². The number of hydrogen-bond acceptors (Lipinski definition) is 3. The monoisotopic (exact) mass is 522 g/mol. The third kappa shape index (κ3) is 5.81. The molecule has 1 saturated carbocycles. The van der Waals surface area contributed by atoms with E-state index in [0.717, 1.165) is 32.1 Å². The van der Waals surface area contributed by atoms with Gasteiger partial charge < -0.3 is 15.5 Å². The second-order valence-electron chi connectivity index (χ2n) is 7.69. The second kappa shape index (κ2) is 10.6. The van der Waals surface area contributed by atoms with Crippen molar-refractivity contribution in [1.29, 1.82) is 0 Å². The van der Waals surface area contributed by atoms with Crippen molar-refractivity contribution in [3.63, 3.8) is 0 Å². The second-order valence-corrected chi connectivity index (χ2v) is 8.92. The van der Waals surface area contributed by atoms with Crippen molar-refractivity contribution in [3.05, 3.63) is 65.7 Å². The van der Waals surface area contributed by atoms with E-state index in [4.69, 9.17) is 0 Å². The van der Waals surface area contributed by atoms with E-state index in [-0.39, 0.29) is 29.4 Å². The molecule has 2 fully saturated rings. The zero-order valence-corrected chi connectivity index (χ0v) is 20.2. The number of guanidine groups is 1. The van der Waals surface area contributed by atoms with Crippen LogP contribution in [0.1, 0.15) is 24.0 Å². The number of nitrogens with zero attached hydrogens (tertiary/aromatic N) is 2. The van der Waals surface area contributed by atoms with Crippen LogP contribution in [0.4, 0.5) is 5.69 Å². The summed E-state index contributed by atoms with van der Waals surface area (Å²) in [5, 5.41) is 6.99. The van der Waals surface area contributed by atoms with E-state index in [1.54, 1.807) is 0 Å². The average Bonchev–Trinajstić information content (AvgIpc) is 3.57. The summed E-state index contributed by atoms with van der Waals surface area (Å²) < 4.78 is 0. The van der Waals surface area contributed by atoms with Crippen LogP contribution in [0.3, 0.4) is 0 Å². The SMILES string of the molecule is CN=C(NCc1ccc(N2CCSCC2)cc1)NCC1(c2ccccc2)CC1.I. The van der Waals surface area contributed by atoms with Crippen LogP contribution >= 0.6 is 35.7 Å². The first-order chi connectivity index (χ1) is 13.8. The largest absolute Gasteiger partial charge is 0.370 e. The molecule has 6 heteroatoms. The molecule has 2 N–H and O–H groups in total. The van der Waals surface area contributed by atoms with Gasteiger partial charge in [0.2, 0.25) is 0 Å². The molecule has 1 aliphatic heterocycles. The van der Waals surface area contributed by atoms with Crippen molar-refractivity contribution in [1.82, 2.24) is 10.6 Å². The van der Waals surface area contributed by atoms with Crippen molar-refractivity contribution in [3.8, 4) is 0 Å². The zero-order chi connectivity index (χ0) is 19.2. The van der Waals surface area contributed by atoms with Gasteiger partial charge in [0.05, 0.1) is 0 Å². The summed E-state index contributed by atoms with van der Waals surface area (Å²) in [5.41, 5.74) is 4.34. The molecule has 2 aromatic rings. The maximum Gasteiger partial charge on any atom is 0.191 e. The molecule has 0 amide bonds. The van der Waals surface area contributed by atoms with Crippen LogP contribution in [0.25, 0.3) is 0 Å².